The second-order valence-corrected chi connectivity index (χ2v) is 37.0. The molecule has 6 aromatic heterocycles. The first-order valence-corrected chi connectivity index (χ1v) is 50.1. The second kappa shape index (κ2) is 41.2. The van der Waals surface area contributed by atoms with E-state index in [1.165, 1.54) is 76.8 Å². The number of benzene rings is 21. The van der Waals surface area contributed by atoms with Crippen LogP contribution in [0.25, 0.3) is 268 Å². The summed E-state index contributed by atoms with van der Waals surface area (Å²) in [6.45, 7) is 0. The predicted octanol–water partition coefficient (Wildman–Crippen LogP) is 34.7. The standard InChI is InChI=1S/3C46H30N4/c1-3-10-31(11-4-1)32-19-23-36(24-20-32)45-48-44(35-12-5-2-6-13-35)49-46(50-45)37-25-21-33(22-26-37)38-14-7-15-39(30-38)40-17-8-18-42-41(40)28-27-34-16-9-29-47-43(34)42;1-3-9-31(10-4-1)32-17-20-35(21-18-32)45-48-44(34-11-5-2-6-12-34)49-46(50-45)41-16-8-15-38(29-41)36-13-7-14-37(27-36)39-23-24-42-40(28-39)22-19-33-25-26-47-30-43(33)42;1-3-11-31(12-4-1)32-20-24-35(25-21-32)45-48-44(34-13-5-2-6-14-34)49-46(50-45)36-26-22-33(23-27-36)37-15-9-16-38(29-37)42-30-39-17-10-28-47-43(39)41-19-8-7-18-40(41)42/h3*1-30H. The molecule has 0 aliphatic rings. The van der Waals surface area contributed by atoms with Gasteiger partial charge < -0.3 is 0 Å². The average molecular weight is 1920 g/mol. The molecule has 0 saturated heterocycles. The van der Waals surface area contributed by atoms with E-state index in [0.29, 0.717) is 52.4 Å². The number of hydrogen-bond acceptors (Lipinski definition) is 12. The number of rotatable bonds is 18. The first-order chi connectivity index (χ1) is 74.3. The second-order valence-electron chi connectivity index (χ2n) is 37.0. The van der Waals surface area contributed by atoms with Crippen LogP contribution in [-0.2, 0) is 0 Å². The maximum atomic E-state index is 5.03. The van der Waals surface area contributed by atoms with Crippen LogP contribution in [0.1, 0.15) is 0 Å². The molecule has 21 aromatic carbocycles. The largest absolute Gasteiger partial charge is 0.264 e. The van der Waals surface area contributed by atoms with Crippen molar-refractivity contribution in [3.8, 4) is 203 Å². The quantitative estimate of drug-likeness (QED) is 0.0751. The molecule has 6 heterocycles. The third kappa shape index (κ3) is 19.2. The number of nitrogens with zero attached hydrogens (tertiary/aromatic N) is 12. The highest BCUT2D eigenvalue weighted by Crippen LogP contribution is 2.42. The van der Waals surface area contributed by atoms with Crippen LogP contribution in [-0.4, -0.2) is 59.8 Å². The van der Waals surface area contributed by atoms with Crippen LogP contribution in [0, 0.1) is 0 Å². The summed E-state index contributed by atoms with van der Waals surface area (Å²) in [5.41, 5.74) is 31.3. The van der Waals surface area contributed by atoms with Crippen molar-refractivity contribution in [2.24, 2.45) is 0 Å². The van der Waals surface area contributed by atoms with Crippen LogP contribution >= 0.6 is 0 Å². The molecule has 12 heteroatoms. The molecule has 0 unspecified atom stereocenters. The molecule has 0 amide bonds. The van der Waals surface area contributed by atoms with Crippen molar-refractivity contribution in [2.45, 2.75) is 0 Å². The number of pyridine rings is 3. The third-order valence-corrected chi connectivity index (χ3v) is 27.6. The van der Waals surface area contributed by atoms with Gasteiger partial charge in [0, 0.05) is 102 Å². The van der Waals surface area contributed by atoms with Crippen molar-refractivity contribution in [1.29, 1.82) is 0 Å². The molecule has 0 fully saturated rings. The van der Waals surface area contributed by atoms with Gasteiger partial charge in [0.05, 0.1) is 11.0 Å². The van der Waals surface area contributed by atoms with Crippen molar-refractivity contribution in [2.75, 3.05) is 0 Å². The van der Waals surface area contributed by atoms with Gasteiger partial charge in [-0.25, -0.2) is 44.9 Å². The van der Waals surface area contributed by atoms with Gasteiger partial charge in [-0.15, -0.1) is 0 Å². The van der Waals surface area contributed by atoms with Crippen LogP contribution in [0.5, 0.6) is 0 Å². The summed E-state index contributed by atoms with van der Waals surface area (Å²) in [4.78, 5) is 58.4. The Kier molecular flexibility index (Phi) is 25.0. The summed E-state index contributed by atoms with van der Waals surface area (Å²) >= 11 is 0. The molecule has 702 valence electrons. The van der Waals surface area contributed by atoms with Gasteiger partial charge in [-0.1, -0.05) is 467 Å². The molecule has 0 aliphatic carbocycles. The minimum absolute atomic E-state index is 0.634. The lowest BCUT2D eigenvalue weighted by Crippen LogP contribution is -2.00. The van der Waals surface area contributed by atoms with Crippen LogP contribution in [0.2, 0.25) is 0 Å². The molecular formula is C138H90N12. The summed E-state index contributed by atoms with van der Waals surface area (Å²) in [7, 11) is 0. The fourth-order valence-corrected chi connectivity index (χ4v) is 19.8. The zero-order valence-electron chi connectivity index (χ0n) is 81.3. The van der Waals surface area contributed by atoms with Crippen molar-refractivity contribution in [3.63, 3.8) is 0 Å². The van der Waals surface area contributed by atoms with Crippen LogP contribution in [0.3, 0.4) is 0 Å². The SMILES string of the molecule is c1ccc(-c2ccc(-c3nc(-c4ccccc4)nc(-c4ccc(-c5cccc(-c6cc7cccnc7c7ccccc67)c5)cc4)n3)cc2)cc1.c1ccc(-c2ccc(-c3nc(-c4ccccc4)nc(-c4ccc(-c5cccc(-c6cccc7c6ccc6cccnc67)c5)cc4)n3)cc2)cc1.c1ccc(-c2ccc(-c3nc(-c4ccccc4)nc(-c4cccc(-c5cccc(-c6ccc7c(ccc8ccncc87)c6)c5)c4)n3)cc2)cc1. The Morgan fingerprint density at radius 2 is 0.367 bits per heavy atom. The molecule has 0 aliphatic heterocycles. The fraction of sp³-hybridized carbons (Fsp3) is 0. The molecule has 0 radical (unpaired) electrons. The van der Waals surface area contributed by atoms with Crippen LogP contribution in [0.4, 0.5) is 0 Å². The van der Waals surface area contributed by atoms with Gasteiger partial charge in [0.1, 0.15) is 0 Å². The normalized spacial score (nSPS) is 11.2. The van der Waals surface area contributed by atoms with E-state index in [4.69, 9.17) is 44.9 Å². The van der Waals surface area contributed by atoms with E-state index in [1.54, 1.807) is 0 Å². The van der Waals surface area contributed by atoms with Gasteiger partial charge in [0.2, 0.25) is 0 Å². The highest BCUT2D eigenvalue weighted by Gasteiger charge is 2.22. The third-order valence-electron chi connectivity index (χ3n) is 27.6. The minimum Gasteiger partial charge on any atom is -0.264 e. The number of aromatic nitrogens is 12. The highest BCUT2D eigenvalue weighted by atomic mass is 15.1. The fourth-order valence-electron chi connectivity index (χ4n) is 19.8. The number of hydrogen-bond donors (Lipinski definition) is 0. The Balaban J connectivity index is 0.000000116. The summed E-state index contributed by atoms with van der Waals surface area (Å²) in [5, 5.41) is 11.8. The Morgan fingerprint density at radius 3 is 0.787 bits per heavy atom. The van der Waals surface area contributed by atoms with Crippen molar-refractivity contribution >= 4 is 64.9 Å². The van der Waals surface area contributed by atoms with Crippen molar-refractivity contribution < 1.29 is 0 Å². The monoisotopic (exact) mass is 1910 g/mol. The molecule has 27 rings (SSSR count). The summed E-state index contributed by atoms with van der Waals surface area (Å²) in [5.74, 6) is 5.77. The molecule has 150 heavy (non-hydrogen) atoms. The molecule has 0 N–H and O–H groups in total. The van der Waals surface area contributed by atoms with Crippen molar-refractivity contribution in [3.05, 3.63) is 546 Å². The van der Waals surface area contributed by atoms with E-state index in [2.05, 4.69) is 415 Å². The van der Waals surface area contributed by atoms with Gasteiger partial charge in [0.25, 0.3) is 0 Å². The van der Waals surface area contributed by atoms with Gasteiger partial charge in [-0.2, -0.15) is 0 Å². The highest BCUT2D eigenvalue weighted by molar-refractivity contribution is 6.14. The van der Waals surface area contributed by atoms with E-state index in [1.807, 2.05) is 146 Å². The molecule has 0 bridgehead atoms. The topological polar surface area (TPSA) is 155 Å². The first-order valence-electron chi connectivity index (χ1n) is 50.1. The Labute approximate surface area is 867 Å². The molecule has 12 nitrogen and oxygen atoms in total. The molecule has 0 atom stereocenters. The molecular weight excluding hydrogens is 1830 g/mol. The van der Waals surface area contributed by atoms with Gasteiger partial charge in [0.15, 0.2) is 52.4 Å². The zero-order chi connectivity index (χ0) is 99.8. The molecule has 0 saturated carbocycles. The van der Waals surface area contributed by atoms with Gasteiger partial charge in [-0.3, -0.25) is 15.0 Å². The first kappa shape index (κ1) is 90.9. The summed E-state index contributed by atoms with van der Waals surface area (Å²) in [6, 6.07) is 181. The maximum absolute atomic E-state index is 5.03. The summed E-state index contributed by atoms with van der Waals surface area (Å²) in [6.07, 6.45) is 7.52. The Morgan fingerprint density at radius 1 is 0.113 bits per heavy atom. The van der Waals surface area contributed by atoms with Crippen LogP contribution in [0.15, 0.2) is 546 Å². The average Bonchev–Trinajstić information content (AvgIpc) is 0.759. The van der Waals surface area contributed by atoms with E-state index in [9.17, 15) is 0 Å². The Hall–Kier alpha value is -20.3. The molecule has 0 spiro atoms. The minimum atomic E-state index is 0.634. The van der Waals surface area contributed by atoms with Crippen LogP contribution < -0.4 is 0 Å². The van der Waals surface area contributed by atoms with Gasteiger partial charge in [-0.05, 0) is 182 Å². The maximum Gasteiger partial charge on any atom is 0.164 e. The van der Waals surface area contributed by atoms with E-state index >= 15 is 0 Å². The number of fused-ring (bicyclic) bond motifs is 9. The van der Waals surface area contributed by atoms with Crippen molar-refractivity contribution in [1.82, 2.24) is 59.8 Å². The lowest BCUT2D eigenvalue weighted by Gasteiger charge is -2.12. The Bertz CT molecular complexity index is 9610. The summed E-state index contributed by atoms with van der Waals surface area (Å²) < 4.78 is 0. The van der Waals surface area contributed by atoms with Gasteiger partial charge >= 0.3 is 0 Å². The predicted molar refractivity (Wildman–Crippen MR) is 616 cm³/mol. The zero-order valence-corrected chi connectivity index (χ0v) is 81.3. The lowest BCUT2D eigenvalue weighted by molar-refractivity contribution is 1.07. The van der Waals surface area contributed by atoms with E-state index < -0.39 is 0 Å². The lowest BCUT2D eigenvalue weighted by atomic mass is 9.93. The van der Waals surface area contributed by atoms with E-state index in [-0.39, 0.29) is 0 Å². The molecule has 27 aromatic rings. The smallest absolute Gasteiger partial charge is 0.164 e. The van der Waals surface area contributed by atoms with E-state index in [0.717, 1.165) is 138 Å².